The number of nitrogens with two attached hydrogens (primary N) is 4. The lowest BCUT2D eigenvalue weighted by molar-refractivity contribution is -0.364. The Balaban J connectivity index is 0.773. The van der Waals surface area contributed by atoms with Crippen LogP contribution in [0.4, 0.5) is 0 Å². The molecule has 0 spiro atoms. The second kappa shape index (κ2) is 25.1. The van der Waals surface area contributed by atoms with Gasteiger partial charge in [-0.15, -0.1) is 0 Å². The van der Waals surface area contributed by atoms with Crippen LogP contribution >= 0.6 is 0 Å². The number of rotatable bonds is 15. The average molecular weight is 1140 g/mol. The van der Waals surface area contributed by atoms with Gasteiger partial charge >= 0.3 is 0 Å². The number of aliphatic hydroxyl groups excluding tert-OH is 6. The third kappa shape index (κ3) is 14.5. The van der Waals surface area contributed by atoms with Crippen LogP contribution in [0.1, 0.15) is 128 Å². The summed E-state index contributed by atoms with van der Waals surface area (Å²) in [5.74, 6) is 0. The van der Waals surface area contributed by atoms with Gasteiger partial charge in [0.25, 0.3) is 0 Å². The van der Waals surface area contributed by atoms with Crippen molar-refractivity contribution in [2.75, 3.05) is 7.11 Å². The monoisotopic (exact) mass is 1140 g/mol. The molecule has 8 rings (SSSR count). The van der Waals surface area contributed by atoms with Gasteiger partial charge < -0.3 is 129 Å². The molecule has 0 bridgehead atoms. The van der Waals surface area contributed by atoms with E-state index in [1.54, 1.807) is 62.3 Å². The molecule has 26 nitrogen and oxygen atoms in total. The molecular formula is C53H96N4O22. The SMILES string of the molecule is CO[C@@H]1C[C@@H](O)[C@@H](O[C@H]2C[C@](C)(N)[C@H](O[C@@H]3O[C@H](C)[C@H](O[C@H]4C[C@@H](O)[C@@H](O[C@H]5C[C@](C)(N)[C@@H](O[C@H]6C[C@@H](O)[C@@H](O[C@H]7C[C@](C)(N)[C@@H](O[C@H]8C[C@](C)(N)[C@@H](O)[C@H](C)O8)[C@H](C)O7)[C@H](C)O6)[C@H](C)O5)[C@H](C)O4)[C@H](O)[C@H]3O)[C@@H](C)O2)[C@H](C)O1. The first-order valence-corrected chi connectivity index (χ1v) is 28.4. The van der Waals surface area contributed by atoms with E-state index in [2.05, 4.69) is 0 Å². The predicted molar refractivity (Wildman–Crippen MR) is 275 cm³/mol. The van der Waals surface area contributed by atoms with Crippen molar-refractivity contribution >= 4 is 0 Å². The molecule has 8 saturated heterocycles. The number of hydrogen-bond donors (Lipinski definition) is 10. The Bertz CT molecular complexity index is 1930. The number of methoxy groups -OCH3 is 1. The summed E-state index contributed by atoms with van der Waals surface area (Å²) in [5, 5.41) is 67.0. The van der Waals surface area contributed by atoms with Crippen LogP contribution in [0.2, 0.25) is 0 Å². The Hall–Kier alpha value is -1.04. The van der Waals surface area contributed by atoms with Crippen molar-refractivity contribution in [3.63, 3.8) is 0 Å². The number of hydrogen-bond acceptors (Lipinski definition) is 26. The Morgan fingerprint density at radius 1 is 0.342 bits per heavy atom. The molecule has 0 unspecified atom stereocenters. The standard InChI is InChI=1S/C53H96N4O22/c1-21-41(29(58)14-32(64-13)65-21)74-37-20-53(12,57)48(28(8)71-37)79-49-40(62)39(61)44(24(4)72-49)73-33-15-30(59)42(22(2)66-33)75-35-18-51(10,55)46(26(6)69-35)77-34-16-31(60)43(23(3)67-34)76-36-19-52(11,56)47(27(7)70-36)78-38-17-50(9,54)45(63)25(5)68-38/h21-49,58-63H,14-20,54-57H2,1-13H3/t21-,22-,23-,24+,25-,26-,27-,28+,29+,30+,31+,32-,33-,34-,35-,36-,37-,38-,39+,40+,41-,42-,43-,44-,45-,46-,47-,48+,49-,50-,51-,52-,53-/m0/s1. The zero-order valence-electron chi connectivity index (χ0n) is 48.2. The summed E-state index contributed by atoms with van der Waals surface area (Å²) >= 11 is 0. The van der Waals surface area contributed by atoms with Gasteiger partial charge in [0.1, 0.15) is 54.9 Å². The third-order valence-corrected chi connectivity index (χ3v) is 17.3. The van der Waals surface area contributed by atoms with Gasteiger partial charge in [-0.1, -0.05) is 0 Å². The first-order valence-electron chi connectivity index (χ1n) is 28.4. The third-order valence-electron chi connectivity index (χ3n) is 17.3. The van der Waals surface area contributed by atoms with Crippen LogP contribution in [0.3, 0.4) is 0 Å². The molecule has 0 aliphatic carbocycles. The molecule has 8 fully saturated rings. The van der Waals surface area contributed by atoms with E-state index >= 15 is 0 Å². The lowest BCUT2D eigenvalue weighted by Gasteiger charge is -2.50. The summed E-state index contributed by atoms with van der Waals surface area (Å²) in [7, 11) is 1.51. The summed E-state index contributed by atoms with van der Waals surface area (Å²) in [6, 6.07) is 0. The molecule has 26 heteroatoms. The van der Waals surface area contributed by atoms with E-state index in [4.69, 9.17) is 98.7 Å². The maximum atomic E-state index is 11.5. The summed E-state index contributed by atoms with van der Waals surface area (Å²) in [6.45, 7) is 21.3. The molecule has 0 amide bonds. The largest absolute Gasteiger partial charge is 0.390 e. The molecule has 460 valence electrons. The molecule has 14 N–H and O–H groups in total. The number of ether oxygens (including phenoxy) is 16. The first kappa shape index (κ1) is 64.0. The van der Waals surface area contributed by atoms with Gasteiger partial charge in [-0.05, 0) is 83.1 Å². The fourth-order valence-corrected chi connectivity index (χ4v) is 13.1. The molecule has 0 aromatic rings. The van der Waals surface area contributed by atoms with Crippen LogP contribution in [0.5, 0.6) is 0 Å². The highest BCUT2D eigenvalue weighted by molar-refractivity contribution is 5.03. The maximum absolute atomic E-state index is 11.5. The van der Waals surface area contributed by atoms with Crippen molar-refractivity contribution in [1.82, 2.24) is 0 Å². The van der Waals surface area contributed by atoms with Gasteiger partial charge in [-0.25, -0.2) is 0 Å². The molecule has 0 aromatic carbocycles. The normalized spacial score (nSPS) is 56.0. The fourth-order valence-electron chi connectivity index (χ4n) is 13.1. The molecule has 8 heterocycles. The van der Waals surface area contributed by atoms with E-state index in [0.717, 1.165) is 0 Å². The molecule has 0 radical (unpaired) electrons. The summed E-state index contributed by atoms with van der Waals surface area (Å²) in [4.78, 5) is 0. The second-order valence-corrected chi connectivity index (χ2v) is 25.1. The Kier molecular flexibility index (Phi) is 20.3. The van der Waals surface area contributed by atoms with Gasteiger partial charge in [0.2, 0.25) is 0 Å². The van der Waals surface area contributed by atoms with Crippen LogP contribution in [0, 0.1) is 0 Å². The second-order valence-electron chi connectivity index (χ2n) is 25.1. The smallest absolute Gasteiger partial charge is 0.187 e. The van der Waals surface area contributed by atoms with Gasteiger partial charge in [-0.3, -0.25) is 0 Å². The van der Waals surface area contributed by atoms with Crippen molar-refractivity contribution in [2.45, 2.75) is 329 Å². The van der Waals surface area contributed by atoms with E-state index in [1.165, 1.54) is 7.11 Å². The molecule has 0 saturated carbocycles. The van der Waals surface area contributed by atoms with E-state index in [0.29, 0.717) is 0 Å². The van der Waals surface area contributed by atoms with Crippen LogP contribution in [-0.4, -0.2) is 238 Å². The minimum atomic E-state index is -1.57. The first-order chi connectivity index (χ1) is 36.8. The van der Waals surface area contributed by atoms with Gasteiger partial charge in [0.15, 0.2) is 50.3 Å². The van der Waals surface area contributed by atoms with Crippen LogP contribution in [0.25, 0.3) is 0 Å². The Morgan fingerprint density at radius 3 is 1.04 bits per heavy atom. The highest BCUT2D eigenvalue weighted by Gasteiger charge is 2.55. The van der Waals surface area contributed by atoms with Crippen molar-refractivity contribution in [2.24, 2.45) is 22.9 Å². The molecule has 8 aliphatic heterocycles. The van der Waals surface area contributed by atoms with Crippen LogP contribution in [0.15, 0.2) is 0 Å². The fraction of sp³-hybridized carbons (Fsp3) is 1.00. The van der Waals surface area contributed by atoms with Gasteiger partial charge in [-0.2, -0.15) is 0 Å². The van der Waals surface area contributed by atoms with E-state index in [9.17, 15) is 30.6 Å². The minimum Gasteiger partial charge on any atom is -0.390 e. The quantitative estimate of drug-likeness (QED) is 0.0945. The van der Waals surface area contributed by atoms with Crippen molar-refractivity contribution < 1.29 is 106 Å². The van der Waals surface area contributed by atoms with E-state index in [-0.39, 0.29) is 44.9 Å². The van der Waals surface area contributed by atoms with Crippen molar-refractivity contribution in [1.29, 1.82) is 0 Å². The zero-order chi connectivity index (χ0) is 58.0. The van der Waals surface area contributed by atoms with E-state index < -0.39 is 201 Å². The lowest BCUT2D eigenvalue weighted by atomic mass is 9.84. The molecule has 79 heavy (non-hydrogen) atoms. The lowest BCUT2D eigenvalue weighted by Crippen LogP contribution is -2.66. The predicted octanol–water partition coefficient (Wildman–Crippen LogP) is -0.947. The van der Waals surface area contributed by atoms with Crippen LogP contribution in [-0.2, 0) is 75.8 Å². The molecule has 0 aromatic heterocycles. The van der Waals surface area contributed by atoms with Crippen molar-refractivity contribution in [3.05, 3.63) is 0 Å². The topological polar surface area (TPSA) is 373 Å². The summed E-state index contributed by atoms with van der Waals surface area (Å²) in [6.07, 6.45) is -23.2. The number of aliphatic hydroxyl groups is 6. The average Bonchev–Trinajstić information content (AvgIpc) is 3.32. The Morgan fingerprint density at radius 2 is 0.646 bits per heavy atom. The molecule has 8 aliphatic rings. The maximum Gasteiger partial charge on any atom is 0.187 e. The van der Waals surface area contributed by atoms with E-state index in [1.807, 2.05) is 20.8 Å². The molecule has 33 atom stereocenters. The highest BCUT2D eigenvalue weighted by Crippen LogP contribution is 2.41. The van der Waals surface area contributed by atoms with Crippen molar-refractivity contribution in [3.8, 4) is 0 Å². The minimum absolute atomic E-state index is 0.0522. The zero-order valence-corrected chi connectivity index (χ0v) is 48.2. The Labute approximate surface area is 464 Å². The summed E-state index contributed by atoms with van der Waals surface area (Å²) < 4.78 is 98.6. The summed E-state index contributed by atoms with van der Waals surface area (Å²) in [5.41, 5.74) is 23.0. The highest BCUT2D eigenvalue weighted by atomic mass is 16.8. The van der Waals surface area contributed by atoms with Gasteiger partial charge in [0, 0.05) is 74.2 Å². The van der Waals surface area contributed by atoms with Crippen LogP contribution < -0.4 is 22.9 Å². The van der Waals surface area contributed by atoms with Gasteiger partial charge in [0.05, 0.1) is 73.2 Å². The molecular weight excluding hydrogens is 1040 g/mol.